The van der Waals surface area contributed by atoms with E-state index in [1.807, 2.05) is 0 Å². The van der Waals surface area contributed by atoms with E-state index in [1.54, 1.807) is 0 Å². The van der Waals surface area contributed by atoms with Gasteiger partial charge in [-0.15, -0.1) is 0 Å². The third kappa shape index (κ3) is 1.84. The third-order valence-corrected chi connectivity index (χ3v) is 3.69. The van der Waals surface area contributed by atoms with Crippen LogP contribution in [0.2, 0.25) is 0 Å². The molecule has 2 atom stereocenters. The van der Waals surface area contributed by atoms with Crippen LogP contribution < -0.4 is 5.32 Å². The van der Waals surface area contributed by atoms with E-state index < -0.39 is 0 Å². The first-order valence-electron chi connectivity index (χ1n) is 3.48. The van der Waals surface area contributed by atoms with Crippen LogP contribution in [0, 0.1) is 0 Å². The van der Waals surface area contributed by atoms with Gasteiger partial charge in [0.15, 0.2) is 0 Å². The van der Waals surface area contributed by atoms with Crippen LogP contribution >= 0.6 is 38.5 Å². The average Bonchev–Trinajstić information content (AvgIpc) is 2.30. The van der Waals surface area contributed by atoms with Crippen molar-refractivity contribution < 1.29 is 0 Å². The topological polar surface area (TPSA) is 15.3 Å². The molecular weight excluding hydrogens is 307 g/mol. The van der Waals surface area contributed by atoms with Gasteiger partial charge in [0.25, 0.3) is 0 Å². The molecule has 1 aliphatic heterocycles. The first-order chi connectivity index (χ1) is 4.79. The van der Waals surface area contributed by atoms with Crippen LogP contribution in [-0.2, 0) is 0 Å². The van der Waals surface area contributed by atoms with Gasteiger partial charge in [-0.3, -0.25) is 10.2 Å². The number of alkyl halides is 2. The second-order valence-electron chi connectivity index (χ2n) is 2.38. The molecule has 0 aromatic rings. The summed E-state index contributed by atoms with van der Waals surface area (Å²) >= 11 is 5.99. The van der Waals surface area contributed by atoms with Crippen LogP contribution in [0.15, 0.2) is 0 Å². The van der Waals surface area contributed by atoms with Crippen LogP contribution in [-0.4, -0.2) is 33.5 Å². The molecule has 0 bridgehead atoms. The number of hydrogen-bond acceptors (Lipinski definition) is 2. The fourth-order valence-corrected chi connectivity index (χ4v) is 2.84. The summed E-state index contributed by atoms with van der Waals surface area (Å²) in [6.45, 7) is 4.43. The summed E-state index contributed by atoms with van der Waals surface area (Å²) in [6.07, 6.45) is 0. The predicted octanol–water partition coefficient (Wildman–Crippen LogP) is 1.39. The molecule has 0 aliphatic carbocycles. The fourth-order valence-electron chi connectivity index (χ4n) is 1.21. The Balaban J connectivity index is 2.45. The van der Waals surface area contributed by atoms with Crippen molar-refractivity contribution in [3.05, 3.63) is 0 Å². The quantitative estimate of drug-likeness (QED) is 0.470. The van der Waals surface area contributed by atoms with Gasteiger partial charge < -0.3 is 0 Å². The number of nitrogens with zero attached hydrogens (tertiary/aromatic N) is 1. The molecule has 1 rings (SSSR count). The largest absolute Gasteiger partial charge is 0.291 e. The van der Waals surface area contributed by atoms with E-state index >= 15 is 0 Å². The molecule has 1 aliphatic rings. The lowest BCUT2D eigenvalue weighted by Gasteiger charge is -2.22. The molecule has 0 radical (unpaired) electrons. The van der Waals surface area contributed by atoms with Crippen molar-refractivity contribution in [2.45, 2.75) is 18.0 Å². The SMILES string of the molecule is CCN1C(CI)CNC1Br. The maximum atomic E-state index is 3.56. The second kappa shape index (κ2) is 4.23. The number of rotatable bonds is 2. The summed E-state index contributed by atoms with van der Waals surface area (Å²) in [6, 6.07) is 0.718. The molecule has 4 heteroatoms. The molecule has 10 heavy (non-hydrogen) atoms. The highest BCUT2D eigenvalue weighted by atomic mass is 127. The van der Waals surface area contributed by atoms with Crippen molar-refractivity contribution in [3.63, 3.8) is 0 Å². The molecule has 2 unspecified atom stereocenters. The molecule has 1 saturated heterocycles. The number of likely N-dealkylation sites (N-methyl/N-ethyl adjacent to an activating group) is 1. The molecule has 0 aromatic carbocycles. The van der Waals surface area contributed by atoms with Crippen molar-refractivity contribution in [1.29, 1.82) is 0 Å². The molecule has 2 nitrogen and oxygen atoms in total. The Bertz CT molecular complexity index is 112. The van der Waals surface area contributed by atoms with E-state index in [0.717, 1.165) is 19.1 Å². The maximum absolute atomic E-state index is 3.56. The molecule has 1 heterocycles. The highest BCUT2D eigenvalue weighted by Gasteiger charge is 2.28. The molecule has 0 amide bonds. The zero-order chi connectivity index (χ0) is 7.56. The van der Waals surface area contributed by atoms with Gasteiger partial charge in [-0.1, -0.05) is 45.4 Å². The number of hydrogen-bond donors (Lipinski definition) is 1. The summed E-state index contributed by atoms with van der Waals surface area (Å²) < 4.78 is 1.21. The third-order valence-electron chi connectivity index (χ3n) is 1.83. The lowest BCUT2D eigenvalue weighted by atomic mass is 10.3. The van der Waals surface area contributed by atoms with E-state index in [-0.39, 0.29) is 0 Å². The van der Waals surface area contributed by atoms with E-state index in [0.29, 0.717) is 5.08 Å². The first kappa shape index (κ1) is 9.22. The standard InChI is InChI=1S/C6H12BrIN2/c1-2-10-5(3-8)4-9-6(10)7/h5-6,9H,2-4H2,1H3. The van der Waals surface area contributed by atoms with E-state index in [9.17, 15) is 0 Å². The molecular formula is C6H12BrIN2. The van der Waals surface area contributed by atoms with Crippen LogP contribution in [0.4, 0.5) is 0 Å². The second-order valence-corrected chi connectivity index (χ2v) is 4.13. The number of halogens is 2. The molecule has 0 aromatic heterocycles. The van der Waals surface area contributed by atoms with Gasteiger partial charge in [0.05, 0.1) is 0 Å². The molecule has 0 spiro atoms. The molecule has 1 N–H and O–H groups in total. The summed E-state index contributed by atoms with van der Waals surface area (Å²) in [5, 5.41) is 3.76. The normalized spacial score (nSPS) is 35.1. The van der Waals surface area contributed by atoms with E-state index in [4.69, 9.17) is 0 Å². The van der Waals surface area contributed by atoms with Gasteiger partial charge in [-0.05, 0) is 6.54 Å². The minimum Gasteiger partial charge on any atom is -0.291 e. The minimum atomic E-state index is 0.400. The van der Waals surface area contributed by atoms with E-state index in [2.05, 4.69) is 55.7 Å². The van der Waals surface area contributed by atoms with Crippen LogP contribution in [0.3, 0.4) is 0 Å². The van der Waals surface area contributed by atoms with Crippen molar-refractivity contribution in [2.24, 2.45) is 0 Å². The van der Waals surface area contributed by atoms with Crippen molar-refractivity contribution in [2.75, 3.05) is 17.5 Å². The van der Waals surface area contributed by atoms with Gasteiger partial charge in [-0.25, -0.2) is 0 Å². The van der Waals surface area contributed by atoms with Gasteiger partial charge in [0.2, 0.25) is 0 Å². The highest BCUT2D eigenvalue weighted by molar-refractivity contribution is 14.1. The Morgan fingerprint density at radius 2 is 2.50 bits per heavy atom. The first-order valence-corrected chi connectivity index (χ1v) is 5.93. The van der Waals surface area contributed by atoms with Crippen LogP contribution in [0.1, 0.15) is 6.92 Å². The summed E-state index contributed by atoms with van der Waals surface area (Å²) in [5.41, 5.74) is 0. The summed E-state index contributed by atoms with van der Waals surface area (Å²) in [7, 11) is 0. The van der Waals surface area contributed by atoms with Gasteiger partial charge in [-0.2, -0.15) is 0 Å². The van der Waals surface area contributed by atoms with E-state index in [1.165, 1.54) is 4.43 Å². The fraction of sp³-hybridized carbons (Fsp3) is 1.00. The Morgan fingerprint density at radius 1 is 1.80 bits per heavy atom. The summed E-state index contributed by atoms with van der Waals surface area (Å²) in [5.74, 6) is 0. The lowest BCUT2D eigenvalue weighted by Crippen LogP contribution is -2.35. The molecule has 1 fully saturated rings. The van der Waals surface area contributed by atoms with Crippen LogP contribution in [0.5, 0.6) is 0 Å². The smallest absolute Gasteiger partial charge is 0.118 e. The zero-order valence-electron chi connectivity index (χ0n) is 5.98. The van der Waals surface area contributed by atoms with Gasteiger partial charge >= 0.3 is 0 Å². The van der Waals surface area contributed by atoms with Crippen molar-refractivity contribution in [1.82, 2.24) is 10.2 Å². The highest BCUT2D eigenvalue weighted by Crippen LogP contribution is 2.16. The maximum Gasteiger partial charge on any atom is 0.118 e. The Morgan fingerprint density at radius 3 is 2.90 bits per heavy atom. The minimum absolute atomic E-state index is 0.400. The average molecular weight is 319 g/mol. The summed E-state index contributed by atoms with van der Waals surface area (Å²) in [4.78, 5) is 2.42. The Labute approximate surface area is 84.0 Å². The monoisotopic (exact) mass is 318 g/mol. The van der Waals surface area contributed by atoms with Gasteiger partial charge in [0.1, 0.15) is 5.08 Å². The number of nitrogens with one attached hydrogen (secondary N) is 1. The zero-order valence-corrected chi connectivity index (χ0v) is 9.72. The molecule has 60 valence electrons. The Hall–Kier alpha value is 1.13. The van der Waals surface area contributed by atoms with Crippen LogP contribution in [0.25, 0.3) is 0 Å². The van der Waals surface area contributed by atoms with Gasteiger partial charge in [0, 0.05) is 17.0 Å². The lowest BCUT2D eigenvalue weighted by molar-refractivity contribution is 0.276. The molecule has 0 saturated carbocycles. The predicted molar refractivity (Wildman–Crippen MR) is 55.8 cm³/mol. The Kier molecular flexibility index (Phi) is 3.90. The van der Waals surface area contributed by atoms with Crippen molar-refractivity contribution >= 4 is 38.5 Å². The van der Waals surface area contributed by atoms with Crippen molar-refractivity contribution in [3.8, 4) is 0 Å².